The highest BCUT2D eigenvalue weighted by molar-refractivity contribution is 5.81. The summed E-state index contributed by atoms with van der Waals surface area (Å²) in [5.74, 6) is -1.34. The molecule has 110 valence electrons. The molecule has 0 saturated heterocycles. The number of fused-ring (bicyclic) bond motifs is 1. The Morgan fingerprint density at radius 3 is 2.76 bits per heavy atom. The summed E-state index contributed by atoms with van der Waals surface area (Å²) in [7, 11) is 0. The van der Waals surface area contributed by atoms with E-state index in [0.717, 1.165) is 12.8 Å². The first-order valence-electron chi connectivity index (χ1n) is 7.04. The van der Waals surface area contributed by atoms with Crippen LogP contribution in [0.25, 0.3) is 10.9 Å². The number of carbonyl (C=O) groups is 1. The highest BCUT2D eigenvalue weighted by Gasteiger charge is 2.29. The second-order valence-corrected chi connectivity index (χ2v) is 5.52. The average molecular weight is 289 g/mol. The number of carboxylic acids is 1. The molecule has 1 aromatic heterocycles. The van der Waals surface area contributed by atoms with Crippen LogP contribution in [0.15, 0.2) is 23.0 Å². The molecule has 2 aromatic rings. The van der Waals surface area contributed by atoms with Gasteiger partial charge >= 0.3 is 5.97 Å². The molecular formula is C16H16FNO3. The molecule has 1 fully saturated rings. The van der Waals surface area contributed by atoms with E-state index in [4.69, 9.17) is 5.11 Å². The Hall–Kier alpha value is -2.17. The van der Waals surface area contributed by atoms with Crippen LogP contribution in [-0.4, -0.2) is 15.6 Å². The zero-order valence-corrected chi connectivity index (χ0v) is 11.7. The van der Waals surface area contributed by atoms with E-state index in [-0.39, 0.29) is 24.3 Å². The van der Waals surface area contributed by atoms with Crippen LogP contribution in [0.4, 0.5) is 4.39 Å². The molecule has 0 atom stereocenters. The summed E-state index contributed by atoms with van der Waals surface area (Å²) >= 11 is 0. The summed E-state index contributed by atoms with van der Waals surface area (Å²) < 4.78 is 16.1. The van der Waals surface area contributed by atoms with Gasteiger partial charge in [-0.25, -0.2) is 4.39 Å². The molecule has 4 nitrogen and oxygen atoms in total. The first-order valence-corrected chi connectivity index (χ1v) is 7.04. The Bertz CT molecular complexity index is 790. The number of hydrogen-bond acceptors (Lipinski definition) is 2. The third kappa shape index (κ3) is 2.33. The number of aliphatic carboxylic acids is 1. The normalized spacial score (nSPS) is 14.6. The molecule has 0 radical (unpaired) electrons. The predicted molar refractivity (Wildman–Crippen MR) is 77.1 cm³/mol. The van der Waals surface area contributed by atoms with Crippen molar-refractivity contribution in [3.05, 3.63) is 45.5 Å². The van der Waals surface area contributed by atoms with Gasteiger partial charge < -0.3 is 9.67 Å². The number of hydrogen-bond donors (Lipinski definition) is 1. The third-order valence-electron chi connectivity index (χ3n) is 4.05. The highest BCUT2D eigenvalue weighted by Crippen LogP contribution is 2.39. The lowest BCUT2D eigenvalue weighted by Gasteiger charge is -2.18. The lowest BCUT2D eigenvalue weighted by Crippen LogP contribution is -2.20. The molecule has 0 amide bonds. The van der Waals surface area contributed by atoms with Crippen LogP contribution in [0.5, 0.6) is 0 Å². The molecule has 3 rings (SSSR count). The molecule has 0 bridgehead atoms. The highest BCUT2D eigenvalue weighted by atomic mass is 19.1. The van der Waals surface area contributed by atoms with Crippen LogP contribution < -0.4 is 5.43 Å². The van der Waals surface area contributed by atoms with Gasteiger partial charge in [0.1, 0.15) is 5.82 Å². The van der Waals surface area contributed by atoms with Crippen molar-refractivity contribution < 1.29 is 14.3 Å². The van der Waals surface area contributed by atoms with Crippen molar-refractivity contribution in [1.82, 2.24) is 4.57 Å². The predicted octanol–water partition coefficient (Wildman–Crippen LogP) is 2.80. The van der Waals surface area contributed by atoms with Gasteiger partial charge in [-0.2, -0.15) is 0 Å². The van der Waals surface area contributed by atoms with Crippen LogP contribution in [-0.2, 0) is 11.2 Å². The fourth-order valence-corrected chi connectivity index (χ4v) is 2.90. The van der Waals surface area contributed by atoms with Crippen molar-refractivity contribution in [1.29, 1.82) is 0 Å². The summed E-state index contributed by atoms with van der Waals surface area (Å²) in [6, 6.07) is 4.71. The molecule has 1 N–H and O–H groups in total. The number of carboxylic acid groups (broad SMARTS) is 1. The van der Waals surface area contributed by atoms with Gasteiger partial charge in [0.25, 0.3) is 0 Å². The molecule has 1 saturated carbocycles. The van der Waals surface area contributed by atoms with E-state index in [1.165, 1.54) is 12.1 Å². The van der Waals surface area contributed by atoms with Crippen LogP contribution in [0.2, 0.25) is 0 Å². The van der Waals surface area contributed by atoms with Gasteiger partial charge in [-0.05, 0) is 38.3 Å². The van der Waals surface area contributed by atoms with Crippen molar-refractivity contribution in [2.45, 2.75) is 38.6 Å². The molecule has 1 heterocycles. The van der Waals surface area contributed by atoms with Crippen LogP contribution in [0.3, 0.4) is 0 Å². The summed E-state index contributed by atoms with van der Waals surface area (Å²) in [5.41, 5.74) is 1.28. The molecule has 0 spiro atoms. The molecule has 0 aliphatic heterocycles. The van der Waals surface area contributed by atoms with E-state index in [9.17, 15) is 14.0 Å². The maximum atomic E-state index is 14.2. The van der Waals surface area contributed by atoms with Gasteiger partial charge in [0, 0.05) is 29.1 Å². The lowest BCUT2D eigenvalue weighted by atomic mass is 10.0. The van der Waals surface area contributed by atoms with E-state index in [2.05, 4.69) is 0 Å². The summed E-state index contributed by atoms with van der Waals surface area (Å²) in [5, 5.41) is 9.18. The standard InChI is InChI=1S/C16H16FNO3/c1-9-11(7-8-14(19)20)16(21)12-3-2-4-13(17)15(12)18(9)10-5-6-10/h2-4,10H,5-8H2,1H3,(H,19,20). The van der Waals surface area contributed by atoms with Gasteiger partial charge in [0.05, 0.1) is 5.52 Å². The number of halogens is 1. The van der Waals surface area contributed by atoms with Gasteiger partial charge in [-0.15, -0.1) is 0 Å². The second kappa shape index (κ2) is 4.98. The van der Waals surface area contributed by atoms with E-state index in [1.807, 2.05) is 4.57 Å². The van der Waals surface area contributed by atoms with Crippen molar-refractivity contribution >= 4 is 16.9 Å². The fraction of sp³-hybridized carbons (Fsp3) is 0.375. The van der Waals surface area contributed by atoms with E-state index >= 15 is 0 Å². The Labute approximate surface area is 120 Å². The minimum absolute atomic E-state index is 0.0957. The number of aromatic nitrogens is 1. The Morgan fingerprint density at radius 1 is 1.43 bits per heavy atom. The van der Waals surface area contributed by atoms with E-state index in [0.29, 0.717) is 22.2 Å². The van der Waals surface area contributed by atoms with Crippen molar-refractivity contribution in [3.8, 4) is 0 Å². The maximum absolute atomic E-state index is 14.2. The number of benzene rings is 1. The fourth-order valence-electron chi connectivity index (χ4n) is 2.90. The number of para-hydroxylation sites is 1. The summed E-state index contributed by atoms with van der Waals surface area (Å²) in [4.78, 5) is 23.3. The zero-order chi connectivity index (χ0) is 15.1. The van der Waals surface area contributed by atoms with Crippen molar-refractivity contribution in [3.63, 3.8) is 0 Å². The first-order chi connectivity index (χ1) is 10.0. The second-order valence-electron chi connectivity index (χ2n) is 5.52. The zero-order valence-electron chi connectivity index (χ0n) is 11.7. The van der Waals surface area contributed by atoms with Crippen LogP contribution >= 0.6 is 0 Å². The smallest absolute Gasteiger partial charge is 0.303 e. The Morgan fingerprint density at radius 2 is 2.14 bits per heavy atom. The molecule has 21 heavy (non-hydrogen) atoms. The quantitative estimate of drug-likeness (QED) is 0.941. The molecule has 1 aliphatic carbocycles. The van der Waals surface area contributed by atoms with Gasteiger partial charge in [-0.3, -0.25) is 9.59 Å². The van der Waals surface area contributed by atoms with Crippen molar-refractivity contribution in [2.24, 2.45) is 0 Å². The SMILES string of the molecule is Cc1c(CCC(=O)O)c(=O)c2cccc(F)c2n1C1CC1. The topological polar surface area (TPSA) is 59.3 Å². The first kappa shape index (κ1) is 13.8. The lowest BCUT2D eigenvalue weighted by molar-refractivity contribution is -0.136. The van der Waals surface area contributed by atoms with Gasteiger partial charge in [0.15, 0.2) is 5.43 Å². The number of nitrogens with zero attached hydrogens (tertiary/aromatic N) is 1. The maximum Gasteiger partial charge on any atom is 0.303 e. The monoisotopic (exact) mass is 289 g/mol. The average Bonchev–Trinajstić information content (AvgIpc) is 3.24. The number of pyridine rings is 1. The number of rotatable bonds is 4. The minimum atomic E-state index is -0.939. The third-order valence-corrected chi connectivity index (χ3v) is 4.05. The van der Waals surface area contributed by atoms with Crippen LogP contribution in [0.1, 0.15) is 36.6 Å². The minimum Gasteiger partial charge on any atom is -0.481 e. The Balaban J connectivity index is 2.29. The summed E-state index contributed by atoms with van der Waals surface area (Å²) in [6.45, 7) is 1.78. The molecule has 0 unspecified atom stereocenters. The van der Waals surface area contributed by atoms with Crippen molar-refractivity contribution in [2.75, 3.05) is 0 Å². The summed E-state index contributed by atoms with van der Waals surface area (Å²) in [6.07, 6.45) is 2.01. The van der Waals surface area contributed by atoms with Gasteiger partial charge in [-0.1, -0.05) is 6.07 Å². The molecular weight excluding hydrogens is 273 g/mol. The largest absolute Gasteiger partial charge is 0.481 e. The molecule has 1 aromatic carbocycles. The van der Waals surface area contributed by atoms with Crippen LogP contribution in [0, 0.1) is 12.7 Å². The molecule has 5 heteroatoms. The van der Waals surface area contributed by atoms with E-state index in [1.54, 1.807) is 13.0 Å². The van der Waals surface area contributed by atoms with Gasteiger partial charge in [0.2, 0.25) is 0 Å². The molecule has 1 aliphatic rings. The Kier molecular flexibility index (Phi) is 3.27. The van der Waals surface area contributed by atoms with E-state index < -0.39 is 11.8 Å².